The number of nitrogens with two attached hydrogens (primary N) is 1. The Bertz CT molecular complexity index is 1950. The summed E-state index contributed by atoms with van der Waals surface area (Å²) in [6.45, 7) is 4.63. The molecule has 14 heteroatoms. The van der Waals surface area contributed by atoms with Crippen molar-refractivity contribution in [2.45, 2.75) is 56.5 Å². The van der Waals surface area contributed by atoms with E-state index >= 15 is 4.39 Å². The molecule has 240 valence electrons. The lowest BCUT2D eigenvalue weighted by molar-refractivity contribution is 0.107. The lowest BCUT2D eigenvalue weighted by atomic mass is 9.95. The van der Waals surface area contributed by atoms with Crippen LogP contribution in [-0.2, 0) is 4.74 Å². The Morgan fingerprint density at radius 1 is 1.26 bits per heavy atom. The number of nitrogen functional groups attached to an aromatic ring is 1. The maximum Gasteiger partial charge on any atom is 0.319 e. The van der Waals surface area contributed by atoms with Gasteiger partial charge in [-0.25, -0.2) is 13.2 Å². The molecular weight excluding hydrogens is 641 g/mol. The number of ether oxygens (including phenoxy) is 3. The minimum absolute atomic E-state index is 0.0353. The van der Waals surface area contributed by atoms with E-state index in [9.17, 15) is 14.0 Å². The number of benzene rings is 2. The summed E-state index contributed by atoms with van der Waals surface area (Å²) in [5.74, 6) is -0.807. The van der Waals surface area contributed by atoms with E-state index in [-0.39, 0.29) is 72.1 Å². The Morgan fingerprint density at radius 3 is 2.89 bits per heavy atom. The number of hydrogen-bond donors (Lipinski definition) is 1. The van der Waals surface area contributed by atoms with E-state index in [1.54, 1.807) is 0 Å². The Balaban J connectivity index is 1.36. The van der Waals surface area contributed by atoms with E-state index in [1.165, 1.54) is 12.1 Å². The van der Waals surface area contributed by atoms with Crippen LogP contribution < -0.4 is 20.1 Å². The summed E-state index contributed by atoms with van der Waals surface area (Å²) in [6.07, 6.45) is 1.47. The van der Waals surface area contributed by atoms with Crippen LogP contribution in [0.25, 0.3) is 32.1 Å². The fourth-order valence-electron chi connectivity index (χ4n) is 7.70. The van der Waals surface area contributed by atoms with E-state index in [0.29, 0.717) is 38.5 Å². The maximum absolute atomic E-state index is 17.1. The smallest absolute Gasteiger partial charge is 0.319 e. The van der Waals surface area contributed by atoms with Gasteiger partial charge in [0, 0.05) is 30.5 Å². The normalized spacial score (nSPS) is 26.0. The minimum Gasteiger partial charge on any atom is -0.486 e. The lowest BCUT2D eigenvalue weighted by Crippen LogP contribution is -2.43. The second kappa shape index (κ2) is 11.0. The number of thiophene rings is 1. The average Bonchev–Trinajstić information content (AvgIpc) is 3.80. The molecule has 3 saturated heterocycles. The van der Waals surface area contributed by atoms with Gasteiger partial charge in [-0.2, -0.15) is 15.2 Å². The van der Waals surface area contributed by atoms with Crippen LogP contribution in [0.2, 0.25) is 5.02 Å². The third kappa shape index (κ3) is 4.48. The zero-order valence-corrected chi connectivity index (χ0v) is 26.5. The summed E-state index contributed by atoms with van der Waals surface area (Å²) in [5.41, 5.74) is 5.65. The standard InChI is InChI=1S/C32H30ClF3N6O3S/c1-15-11-42(17-5-8-43-13-17)30-23-26(39-31(40-30)44-14-32-6-2-7-41(32)12-16(34)9-32)25(36)22(24(33)27(23)45-15)18-3-4-20(35)28-21(18)19(10-37)29(38)46-28/h3-4,15-17H,2,5-9,11-14,38H2,1H3/t15-,16+,17+,32-/m0/s1. The molecule has 2 N–H and O–H groups in total. The van der Waals surface area contributed by atoms with Crippen molar-refractivity contribution in [1.82, 2.24) is 14.9 Å². The Hall–Kier alpha value is -3.57. The van der Waals surface area contributed by atoms with E-state index in [1.807, 2.05) is 17.9 Å². The quantitative estimate of drug-likeness (QED) is 0.264. The summed E-state index contributed by atoms with van der Waals surface area (Å²) in [7, 11) is 0. The summed E-state index contributed by atoms with van der Waals surface area (Å²) in [6, 6.07) is 4.51. The molecule has 0 unspecified atom stereocenters. The van der Waals surface area contributed by atoms with Gasteiger partial charge in [-0.15, -0.1) is 11.3 Å². The van der Waals surface area contributed by atoms with Gasteiger partial charge in [-0.1, -0.05) is 17.7 Å². The SMILES string of the molecule is C[C@H]1CN([C@@H]2CCOC2)c2nc(OC[C@@]34CCCN3C[C@H](F)C4)nc3c(F)c(-c4ccc(F)c5sc(N)c(C#N)c45)c(Cl)c(c23)O1. The predicted molar refractivity (Wildman–Crippen MR) is 170 cm³/mol. The van der Waals surface area contributed by atoms with Crippen molar-refractivity contribution < 1.29 is 27.4 Å². The van der Waals surface area contributed by atoms with Crippen LogP contribution in [0, 0.1) is 23.0 Å². The zero-order valence-electron chi connectivity index (χ0n) is 24.9. The molecule has 0 amide bonds. The Morgan fingerprint density at radius 2 is 2.11 bits per heavy atom. The first-order chi connectivity index (χ1) is 22.2. The van der Waals surface area contributed by atoms with E-state index in [4.69, 9.17) is 36.5 Å². The van der Waals surface area contributed by atoms with Crippen LogP contribution in [0.1, 0.15) is 38.2 Å². The van der Waals surface area contributed by atoms with Crippen LogP contribution in [0.15, 0.2) is 12.1 Å². The fraction of sp³-hybridized carbons (Fsp3) is 0.469. The molecule has 0 radical (unpaired) electrons. The molecule has 2 aromatic carbocycles. The van der Waals surface area contributed by atoms with Gasteiger partial charge in [0.15, 0.2) is 11.6 Å². The van der Waals surface area contributed by atoms with Crippen molar-refractivity contribution in [2.75, 3.05) is 50.1 Å². The van der Waals surface area contributed by atoms with Gasteiger partial charge in [-0.05, 0) is 44.4 Å². The number of anilines is 2. The summed E-state index contributed by atoms with van der Waals surface area (Å²) in [5, 5.41) is 10.4. The third-order valence-corrected chi connectivity index (χ3v) is 11.2. The van der Waals surface area contributed by atoms with Gasteiger partial charge in [0.2, 0.25) is 0 Å². The topological polar surface area (TPSA) is 110 Å². The molecule has 0 aliphatic carbocycles. The molecule has 0 spiro atoms. The maximum atomic E-state index is 17.1. The highest BCUT2D eigenvalue weighted by atomic mass is 35.5. The molecule has 2 aromatic heterocycles. The summed E-state index contributed by atoms with van der Waals surface area (Å²) in [4.78, 5) is 13.6. The molecular formula is C32H30ClF3N6O3S. The molecule has 8 rings (SSSR count). The highest BCUT2D eigenvalue weighted by molar-refractivity contribution is 7.23. The van der Waals surface area contributed by atoms with Crippen molar-refractivity contribution >= 4 is 54.7 Å². The number of alkyl halides is 1. The van der Waals surface area contributed by atoms with Crippen molar-refractivity contribution in [1.29, 1.82) is 5.26 Å². The second-order valence-corrected chi connectivity index (χ2v) is 14.0. The van der Waals surface area contributed by atoms with Gasteiger partial charge in [0.25, 0.3) is 0 Å². The number of nitriles is 1. The zero-order chi connectivity index (χ0) is 31.9. The Labute approximate surface area is 271 Å². The number of fused-ring (bicyclic) bond motifs is 2. The molecule has 4 aromatic rings. The van der Waals surface area contributed by atoms with Crippen molar-refractivity contribution in [3.05, 3.63) is 34.4 Å². The van der Waals surface area contributed by atoms with Gasteiger partial charge in [0.05, 0.1) is 45.4 Å². The summed E-state index contributed by atoms with van der Waals surface area (Å²) >= 11 is 7.95. The number of rotatable bonds is 5. The van der Waals surface area contributed by atoms with Gasteiger partial charge >= 0.3 is 6.01 Å². The summed E-state index contributed by atoms with van der Waals surface area (Å²) < 4.78 is 65.1. The number of hydrogen-bond acceptors (Lipinski definition) is 10. The average molecular weight is 671 g/mol. The molecule has 0 bridgehead atoms. The molecule has 0 saturated carbocycles. The molecule has 6 heterocycles. The third-order valence-electron chi connectivity index (χ3n) is 9.76. The van der Waals surface area contributed by atoms with E-state index in [0.717, 1.165) is 37.1 Å². The lowest BCUT2D eigenvalue weighted by Gasteiger charge is -2.31. The van der Waals surface area contributed by atoms with Crippen molar-refractivity contribution in [3.63, 3.8) is 0 Å². The van der Waals surface area contributed by atoms with Crippen molar-refractivity contribution in [2.24, 2.45) is 0 Å². The van der Waals surface area contributed by atoms with E-state index in [2.05, 4.69) is 9.88 Å². The molecule has 4 aliphatic heterocycles. The van der Waals surface area contributed by atoms with Crippen LogP contribution in [0.5, 0.6) is 11.8 Å². The van der Waals surface area contributed by atoms with Crippen molar-refractivity contribution in [3.8, 4) is 29.0 Å². The number of halogens is 4. The first-order valence-electron chi connectivity index (χ1n) is 15.4. The van der Waals surface area contributed by atoms with Crippen LogP contribution in [0.3, 0.4) is 0 Å². The first-order valence-corrected chi connectivity index (χ1v) is 16.5. The molecule has 3 fully saturated rings. The predicted octanol–water partition coefficient (Wildman–Crippen LogP) is 6.23. The molecule has 9 nitrogen and oxygen atoms in total. The first kappa shape index (κ1) is 29.8. The highest BCUT2D eigenvalue weighted by Crippen LogP contribution is 2.51. The van der Waals surface area contributed by atoms with Crippen LogP contribution >= 0.6 is 22.9 Å². The fourth-order valence-corrected chi connectivity index (χ4v) is 8.98. The Kier molecular flexibility index (Phi) is 7.13. The molecule has 4 atom stereocenters. The molecule has 46 heavy (non-hydrogen) atoms. The van der Waals surface area contributed by atoms with Crippen LogP contribution in [-0.4, -0.2) is 78.2 Å². The largest absolute Gasteiger partial charge is 0.486 e. The van der Waals surface area contributed by atoms with E-state index < -0.39 is 29.4 Å². The molecule has 4 aliphatic rings. The minimum atomic E-state index is -0.940. The number of aromatic nitrogens is 2. The van der Waals surface area contributed by atoms with Gasteiger partial charge in [0.1, 0.15) is 47.1 Å². The van der Waals surface area contributed by atoms with Crippen LogP contribution in [0.4, 0.5) is 24.0 Å². The van der Waals surface area contributed by atoms with Gasteiger partial charge in [-0.3, -0.25) is 4.90 Å². The second-order valence-electron chi connectivity index (χ2n) is 12.6. The monoisotopic (exact) mass is 670 g/mol. The highest BCUT2D eigenvalue weighted by Gasteiger charge is 2.49. The number of nitrogens with zero attached hydrogens (tertiary/aromatic N) is 5. The van der Waals surface area contributed by atoms with Gasteiger partial charge < -0.3 is 24.8 Å².